The minimum atomic E-state index is -0.615. The summed E-state index contributed by atoms with van der Waals surface area (Å²) >= 11 is 5.95. The lowest BCUT2D eigenvalue weighted by molar-refractivity contribution is -0.126. The van der Waals surface area contributed by atoms with Gasteiger partial charge in [-0.15, -0.1) is 0 Å². The van der Waals surface area contributed by atoms with Crippen LogP contribution in [-0.4, -0.2) is 30.4 Å². The predicted octanol–water partition coefficient (Wildman–Crippen LogP) is 2.57. The fourth-order valence-electron chi connectivity index (χ4n) is 3.39. The fourth-order valence-corrected chi connectivity index (χ4v) is 3.52. The highest BCUT2D eigenvalue weighted by atomic mass is 35.5. The number of carbonyl (C=O) groups is 1. The van der Waals surface area contributed by atoms with E-state index in [1.807, 2.05) is 31.2 Å². The van der Waals surface area contributed by atoms with Crippen LogP contribution < -0.4 is 5.73 Å². The van der Waals surface area contributed by atoms with Crippen LogP contribution in [0.2, 0.25) is 5.02 Å². The van der Waals surface area contributed by atoms with E-state index in [2.05, 4.69) is 11.9 Å². The normalized spacial score (nSPS) is 23.2. The number of hydrogen-bond acceptors (Lipinski definition) is 2. The maximum atomic E-state index is 12.2. The van der Waals surface area contributed by atoms with Gasteiger partial charge >= 0.3 is 0 Å². The Morgan fingerprint density at radius 2 is 2.11 bits per heavy atom. The number of rotatable bonds is 4. The average Bonchev–Trinajstić information content (AvgIpc) is 2.80. The van der Waals surface area contributed by atoms with E-state index in [9.17, 15) is 4.79 Å². The average molecular weight is 281 g/mol. The Balaban J connectivity index is 2.50. The number of primary amides is 1. The standard InChI is InChI=1S/C15H21ClN2O/c1-3-15(14(17)19,13-5-4-10-18(13)2)11-6-8-12(16)9-7-11/h6-9,13H,3-5,10H2,1-2H3,(H2,17,19)/t13-,15?/m0/s1. The van der Waals surface area contributed by atoms with Crippen molar-refractivity contribution < 1.29 is 4.79 Å². The van der Waals surface area contributed by atoms with E-state index in [4.69, 9.17) is 17.3 Å². The number of carbonyl (C=O) groups excluding carboxylic acids is 1. The van der Waals surface area contributed by atoms with Gasteiger partial charge in [-0.05, 0) is 50.6 Å². The zero-order valence-corrected chi connectivity index (χ0v) is 12.3. The van der Waals surface area contributed by atoms with Gasteiger partial charge in [0.05, 0.1) is 5.41 Å². The summed E-state index contributed by atoms with van der Waals surface area (Å²) in [6.07, 6.45) is 2.83. The fraction of sp³-hybridized carbons (Fsp3) is 0.533. The van der Waals surface area contributed by atoms with Crippen molar-refractivity contribution in [3.63, 3.8) is 0 Å². The van der Waals surface area contributed by atoms with Gasteiger partial charge in [0.2, 0.25) is 5.91 Å². The Labute approximate surface area is 119 Å². The first-order valence-corrected chi connectivity index (χ1v) is 7.16. The number of amides is 1. The first kappa shape index (κ1) is 14.4. The molecule has 0 spiro atoms. The lowest BCUT2D eigenvalue weighted by atomic mass is 9.70. The van der Waals surface area contributed by atoms with E-state index in [1.165, 1.54) is 0 Å². The molecule has 104 valence electrons. The molecule has 0 radical (unpaired) electrons. The molecule has 0 aromatic heterocycles. The quantitative estimate of drug-likeness (QED) is 0.921. The summed E-state index contributed by atoms with van der Waals surface area (Å²) in [6, 6.07) is 7.71. The molecule has 0 aliphatic carbocycles. The van der Waals surface area contributed by atoms with Gasteiger partial charge in [0, 0.05) is 11.1 Å². The van der Waals surface area contributed by atoms with Crippen molar-refractivity contribution in [1.82, 2.24) is 4.90 Å². The minimum absolute atomic E-state index is 0.177. The van der Waals surface area contributed by atoms with E-state index >= 15 is 0 Å². The van der Waals surface area contributed by atoms with Gasteiger partial charge in [-0.25, -0.2) is 0 Å². The molecule has 2 N–H and O–H groups in total. The van der Waals surface area contributed by atoms with E-state index in [1.54, 1.807) is 0 Å². The van der Waals surface area contributed by atoms with Gasteiger partial charge in [-0.3, -0.25) is 4.79 Å². The van der Waals surface area contributed by atoms with Crippen molar-refractivity contribution in [2.24, 2.45) is 5.73 Å². The summed E-state index contributed by atoms with van der Waals surface area (Å²) in [7, 11) is 2.07. The Hall–Kier alpha value is -1.06. The lowest BCUT2D eigenvalue weighted by Crippen LogP contribution is -2.54. The maximum absolute atomic E-state index is 12.2. The first-order valence-electron chi connectivity index (χ1n) is 6.78. The third-order valence-electron chi connectivity index (χ3n) is 4.45. The van der Waals surface area contributed by atoms with Crippen molar-refractivity contribution in [2.75, 3.05) is 13.6 Å². The third-order valence-corrected chi connectivity index (χ3v) is 4.70. The van der Waals surface area contributed by atoms with Crippen LogP contribution in [0.4, 0.5) is 0 Å². The highest BCUT2D eigenvalue weighted by Crippen LogP contribution is 2.39. The number of benzene rings is 1. The van der Waals surface area contributed by atoms with Crippen molar-refractivity contribution in [3.8, 4) is 0 Å². The number of nitrogens with two attached hydrogens (primary N) is 1. The summed E-state index contributed by atoms with van der Waals surface area (Å²) in [5, 5.41) is 0.679. The van der Waals surface area contributed by atoms with Crippen LogP contribution in [0, 0.1) is 0 Å². The predicted molar refractivity (Wildman–Crippen MR) is 78.3 cm³/mol. The highest BCUT2D eigenvalue weighted by molar-refractivity contribution is 6.30. The Bertz CT molecular complexity index is 460. The summed E-state index contributed by atoms with van der Waals surface area (Å²) in [5.74, 6) is -0.240. The zero-order chi connectivity index (χ0) is 14.0. The summed E-state index contributed by atoms with van der Waals surface area (Å²) < 4.78 is 0. The number of nitrogens with zero attached hydrogens (tertiary/aromatic N) is 1. The van der Waals surface area contributed by atoms with Gasteiger partial charge in [-0.2, -0.15) is 0 Å². The van der Waals surface area contributed by atoms with Gasteiger partial charge in [0.25, 0.3) is 0 Å². The van der Waals surface area contributed by atoms with E-state index in [0.717, 1.165) is 24.9 Å². The van der Waals surface area contributed by atoms with Crippen LogP contribution >= 0.6 is 11.6 Å². The van der Waals surface area contributed by atoms with Crippen LogP contribution in [0.5, 0.6) is 0 Å². The molecule has 1 unspecified atom stereocenters. The van der Waals surface area contributed by atoms with Crippen LogP contribution in [-0.2, 0) is 10.2 Å². The first-order chi connectivity index (χ1) is 9.02. The largest absolute Gasteiger partial charge is 0.369 e. The Morgan fingerprint density at radius 1 is 1.47 bits per heavy atom. The van der Waals surface area contributed by atoms with Crippen molar-refractivity contribution in [3.05, 3.63) is 34.9 Å². The molecule has 0 bridgehead atoms. The molecule has 1 saturated heterocycles. The van der Waals surface area contributed by atoms with Crippen molar-refractivity contribution in [1.29, 1.82) is 0 Å². The molecule has 3 nitrogen and oxygen atoms in total. The molecule has 1 fully saturated rings. The molecule has 1 aromatic rings. The molecular weight excluding hydrogens is 260 g/mol. The minimum Gasteiger partial charge on any atom is -0.369 e. The molecular formula is C15H21ClN2O. The maximum Gasteiger partial charge on any atom is 0.229 e. The molecule has 1 aliphatic rings. The summed E-state index contributed by atoms with van der Waals surface area (Å²) in [5.41, 5.74) is 6.16. The van der Waals surface area contributed by atoms with E-state index < -0.39 is 5.41 Å². The van der Waals surface area contributed by atoms with Crippen molar-refractivity contribution in [2.45, 2.75) is 37.6 Å². The van der Waals surface area contributed by atoms with Crippen LogP contribution in [0.15, 0.2) is 24.3 Å². The van der Waals surface area contributed by atoms with Crippen molar-refractivity contribution >= 4 is 17.5 Å². The zero-order valence-electron chi connectivity index (χ0n) is 11.5. The summed E-state index contributed by atoms with van der Waals surface area (Å²) in [4.78, 5) is 14.5. The van der Waals surface area contributed by atoms with Gasteiger partial charge in [-0.1, -0.05) is 30.7 Å². The molecule has 1 amide bonds. The van der Waals surface area contributed by atoms with E-state index in [-0.39, 0.29) is 11.9 Å². The van der Waals surface area contributed by atoms with Gasteiger partial charge < -0.3 is 10.6 Å². The smallest absolute Gasteiger partial charge is 0.229 e. The molecule has 1 aliphatic heterocycles. The Kier molecular flexibility index (Phi) is 4.16. The van der Waals surface area contributed by atoms with Gasteiger partial charge in [0.1, 0.15) is 0 Å². The molecule has 19 heavy (non-hydrogen) atoms. The second kappa shape index (κ2) is 5.51. The van der Waals surface area contributed by atoms with Crippen LogP contribution in [0.25, 0.3) is 0 Å². The molecule has 1 heterocycles. The Morgan fingerprint density at radius 3 is 2.53 bits per heavy atom. The van der Waals surface area contributed by atoms with Gasteiger partial charge in [0.15, 0.2) is 0 Å². The number of hydrogen-bond donors (Lipinski definition) is 1. The number of likely N-dealkylation sites (tertiary alicyclic amines) is 1. The SMILES string of the molecule is CCC(C(N)=O)(c1ccc(Cl)cc1)[C@@H]1CCCN1C. The highest BCUT2D eigenvalue weighted by Gasteiger charge is 2.47. The number of likely N-dealkylation sites (N-methyl/N-ethyl adjacent to an activating group) is 1. The number of halogens is 1. The molecule has 4 heteroatoms. The molecule has 2 atom stereocenters. The summed E-state index contributed by atoms with van der Waals surface area (Å²) in [6.45, 7) is 3.05. The molecule has 0 saturated carbocycles. The lowest BCUT2D eigenvalue weighted by Gasteiger charge is -2.39. The van der Waals surface area contributed by atoms with Crippen LogP contribution in [0.3, 0.4) is 0 Å². The second-order valence-electron chi connectivity index (χ2n) is 5.33. The second-order valence-corrected chi connectivity index (χ2v) is 5.77. The monoisotopic (exact) mass is 280 g/mol. The topological polar surface area (TPSA) is 46.3 Å². The third kappa shape index (κ3) is 2.37. The van der Waals surface area contributed by atoms with Crippen LogP contribution in [0.1, 0.15) is 31.7 Å². The van der Waals surface area contributed by atoms with E-state index in [0.29, 0.717) is 11.4 Å². The molecule has 1 aromatic carbocycles. The molecule has 2 rings (SSSR count).